The second-order valence-electron chi connectivity index (χ2n) is 2.74. The lowest BCUT2D eigenvalue weighted by atomic mass is 10.2. The fourth-order valence-electron chi connectivity index (χ4n) is 0.936. The SMILES string of the molecule is NC(=O)CNc1ccc(C(F)F)cc1. The van der Waals surface area contributed by atoms with Gasteiger partial charge in [-0.1, -0.05) is 12.1 Å². The van der Waals surface area contributed by atoms with Crippen LogP contribution in [0.25, 0.3) is 0 Å². The molecule has 14 heavy (non-hydrogen) atoms. The highest BCUT2D eigenvalue weighted by molar-refractivity contribution is 5.78. The number of hydrogen-bond donors (Lipinski definition) is 2. The molecule has 0 radical (unpaired) electrons. The second-order valence-corrected chi connectivity index (χ2v) is 2.74. The second kappa shape index (κ2) is 4.55. The Morgan fingerprint density at radius 3 is 2.36 bits per heavy atom. The predicted octanol–water partition coefficient (Wildman–Crippen LogP) is 1.52. The molecule has 0 heterocycles. The number of nitrogens with one attached hydrogen (secondary N) is 1. The first-order chi connectivity index (χ1) is 6.59. The smallest absolute Gasteiger partial charge is 0.263 e. The molecule has 0 bridgehead atoms. The van der Waals surface area contributed by atoms with Crippen LogP contribution in [0.4, 0.5) is 14.5 Å². The lowest BCUT2D eigenvalue weighted by Gasteiger charge is -2.04. The van der Waals surface area contributed by atoms with E-state index < -0.39 is 12.3 Å². The van der Waals surface area contributed by atoms with Crippen LogP contribution in [0.3, 0.4) is 0 Å². The van der Waals surface area contributed by atoms with Gasteiger partial charge in [-0.15, -0.1) is 0 Å². The summed E-state index contributed by atoms with van der Waals surface area (Å²) in [4.78, 5) is 10.4. The minimum atomic E-state index is -2.47. The molecule has 3 N–H and O–H groups in total. The topological polar surface area (TPSA) is 55.1 Å². The molecule has 0 atom stereocenters. The molecule has 1 rings (SSSR count). The lowest BCUT2D eigenvalue weighted by Crippen LogP contribution is -2.21. The summed E-state index contributed by atoms with van der Waals surface area (Å²) in [5.41, 5.74) is 5.44. The van der Waals surface area contributed by atoms with Gasteiger partial charge in [0, 0.05) is 11.3 Å². The van der Waals surface area contributed by atoms with Crippen molar-refractivity contribution in [2.24, 2.45) is 5.73 Å². The van der Waals surface area contributed by atoms with Crippen LogP contribution < -0.4 is 11.1 Å². The lowest BCUT2D eigenvalue weighted by molar-refractivity contribution is -0.116. The summed E-state index contributed by atoms with van der Waals surface area (Å²) in [5.74, 6) is -0.497. The Balaban J connectivity index is 2.59. The maximum Gasteiger partial charge on any atom is 0.263 e. The number of halogens is 2. The van der Waals surface area contributed by atoms with Gasteiger partial charge in [-0.25, -0.2) is 8.78 Å². The van der Waals surface area contributed by atoms with Crippen molar-refractivity contribution >= 4 is 11.6 Å². The van der Waals surface area contributed by atoms with E-state index in [0.29, 0.717) is 5.69 Å². The minimum Gasteiger partial charge on any atom is -0.376 e. The molecule has 76 valence electrons. The van der Waals surface area contributed by atoms with Gasteiger partial charge < -0.3 is 11.1 Å². The summed E-state index contributed by atoms with van der Waals surface area (Å²) >= 11 is 0. The highest BCUT2D eigenvalue weighted by Gasteiger charge is 2.05. The van der Waals surface area contributed by atoms with Crippen LogP contribution in [-0.2, 0) is 4.79 Å². The first-order valence-corrected chi connectivity index (χ1v) is 4.00. The van der Waals surface area contributed by atoms with Gasteiger partial charge in [0.05, 0.1) is 6.54 Å². The molecule has 0 fully saturated rings. The van der Waals surface area contributed by atoms with Crippen LogP contribution in [-0.4, -0.2) is 12.5 Å². The van der Waals surface area contributed by atoms with Crippen molar-refractivity contribution in [1.29, 1.82) is 0 Å². The summed E-state index contributed by atoms with van der Waals surface area (Å²) in [6.45, 7) is -0.00593. The van der Waals surface area contributed by atoms with Crippen LogP contribution in [0, 0.1) is 0 Å². The molecule has 0 spiro atoms. The average Bonchev–Trinajstić information content (AvgIpc) is 2.15. The number of carbonyl (C=O) groups excluding carboxylic acids is 1. The van der Waals surface area contributed by atoms with E-state index >= 15 is 0 Å². The molecule has 0 unspecified atom stereocenters. The monoisotopic (exact) mass is 200 g/mol. The van der Waals surface area contributed by atoms with Crippen molar-refractivity contribution in [2.45, 2.75) is 6.43 Å². The molecule has 0 aliphatic heterocycles. The highest BCUT2D eigenvalue weighted by Crippen LogP contribution is 2.20. The van der Waals surface area contributed by atoms with E-state index in [1.165, 1.54) is 24.3 Å². The van der Waals surface area contributed by atoms with Crippen LogP contribution in [0.1, 0.15) is 12.0 Å². The fourth-order valence-corrected chi connectivity index (χ4v) is 0.936. The zero-order chi connectivity index (χ0) is 10.6. The van der Waals surface area contributed by atoms with Crippen LogP contribution >= 0.6 is 0 Å². The van der Waals surface area contributed by atoms with Gasteiger partial charge in [0.25, 0.3) is 6.43 Å². The average molecular weight is 200 g/mol. The van der Waals surface area contributed by atoms with Crippen molar-refractivity contribution in [3.8, 4) is 0 Å². The third kappa shape index (κ3) is 3.01. The molecule has 1 amide bonds. The molecule has 1 aromatic carbocycles. The zero-order valence-electron chi connectivity index (χ0n) is 7.34. The molecule has 5 heteroatoms. The summed E-state index contributed by atoms with van der Waals surface area (Å²) in [6, 6.07) is 5.55. The van der Waals surface area contributed by atoms with Gasteiger partial charge in [0.15, 0.2) is 0 Å². The first kappa shape index (κ1) is 10.4. The van der Waals surface area contributed by atoms with Gasteiger partial charge in [-0.2, -0.15) is 0 Å². The number of primary amides is 1. The molecular weight excluding hydrogens is 190 g/mol. The Hall–Kier alpha value is -1.65. The van der Waals surface area contributed by atoms with Crippen molar-refractivity contribution in [3.63, 3.8) is 0 Å². The molecular formula is C9H10F2N2O. The molecule has 0 saturated heterocycles. The van der Waals surface area contributed by atoms with Crippen molar-refractivity contribution in [3.05, 3.63) is 29.8 Å². The quantitative estimate of drug-likeness (QED) is 0.774. The summed E-state index contributed by atoms with van der Waals surface area (Å²) in [7, 11) is 0. The van der Waals surface area contributed by atoms with E-state index in [4.69, 9.17) is 5.73 Å². The van der Waals surface area contributed by atoms with E-state index in [1.54, 1.807) is 0 Å². The molecule has 3 nitrogen and oxygen atoms in total. The Bertz CT molecular complexity index is 311. The first-order valence-electron chi connectivity index (χ1n) is 4.00. The number of alkyl halides is 2. The van der Waals surface area contributed by atoms with Crippen molar-refractivity contribution < 1.29 is 13.6 Å². The van der Waals surface area contributed by atoms with Gasteiger partial charge in [0.2, 0.25) is 5.91 Å². The molecule has 1 aromatic rings. The van der Waals surface area contributed by atoms with Gasteiger partial charge >= 0.3 is 0 Å². The number of nitrogens with two attached hydrogens (primary N) is 1. The number of hydrogen-bond acceptors (Lipinski definition) is 2. The summed E-state index contributed by atoms with van der Waals surface area (Å²) < 4.78 is 24.2. The predicted molar refractivity (Wildman–Crippen MR) is 49.1 cm³/mol. The van der Waals surface area contributed by atoms with E-state index in [-0.39, 0.29) is 12.1 Å². The van der Waals surface area contributed by atoms with Crippen molar-refractivity contribution in [1.82, 2.24) is 0 Å². The number of anilines is 1. The fraction of sp³-hybridized carbons (Fsp3) is 0.222. The Morgan fingerprint density at radius 1 is 1.36 bits per heavy atom. The number of carbonyl (C=O) groups is 1. The standard InChI is InChI=1S/C9H10F2N2O/c10-9(11)6-1-3-7(4-2-6)13-5-8(12)14/h1-4,9,13H,5H2,(H2,12,14). The van der Waals surface area contributed by atoms with Crippen molar-refractivity contribution in [2.75, 3.05) is 11.9 Å². The summed E-state index contributed by atoms with van der Waals surface area (Å²) in [5, 5.41) is 2.69. The molecule has 0 saturated carbocycles. The number of amides is 1. The Labute approximate surface area is 79.9 Å². The Morgan fingerprint density at radius 2 is 1.93 bits per heavy atom. The highest BCUT2D eigenvalue weighted by atomic mass is 19.3. The van der Waals surface area contributed by atoms with Gasteiger partial charge in [-0.05, 0) is 12.1 Å². The van der Waals surface area contributed by atoms with Crippen LogP contribution in [0.2, 0.25) is 0 Å². The van der Waals surface area contributed by atoms with Crippen LogP contribution in [0.5, 0.6) is 0 Å². The third-order valence-electron chi connectivity index (χ3n) is 1.63. The molecule has 0 aliphatic rings. The van der Waals surface area contributed by atoms with E-state index in [1.807, 2.05) is 0 Å². The van der Waals surface area contributed by atoms with E-state index in [9.17, 15) is 13.6 Å². The molecule has 0 aliphatic carbocycles. The Kier molecular flexibility index (Phi) is 3.39. The maximum absolute atomic E-state index is 12.1. The molecule has 0 aromatic heterocycles. The minimum absolute atomic E-state index is 0.00593. The van der Waals surface area contributed by atoms with E-state index in [2.05, 4.69) is 5.32 Å². The van der Waals surface area contributed by atoms with E-state index in [0.717, 1.165) is 0 Å². The largest absolute Gasteiger partial charge is 0.376 e. The third-order valence-corrected chi connectivity index (χ3v) is 1.63. The van der Waals surface area contributed by atoms with Gasteiger partial charge in [0.1, 0.15) is 0 Å². The number of rotatable bonds is 4. The van der Waals surface area contributed by atoms with Crippen LogP contribution in [0.15, 0.2) is 24.3 Å². The normalized spacial score (nSPS) is 10.2. The zero-order valence-corrected chi connectivity index (χ0v) is 7.34. The number of benzene rings is 1. The maximum atomic E-state index is 12.1. The van der Waals surface area contributed by atoms with Gasteiger partial charge in [-0.3, -0.25) is 4.79 Å². The summed E-state index contributed by atoms with van der Waals surface area (Å²) in [6.07, 6.45) is -2.47.